The fraction of sp³-hybridized carbons (Fsp3) is 0.500. The fourth-order valence-electron chi connectivity index (χ4n) is 3.08. The zero-order valence-corrected chi connectivity index (χ0v) is 15.8. The van der Waals surface area contributed by atoms with Crippen LogP contribution in [0, 0.1) is 6.92 Å². The van der Waals surface area contributed by atoms with Crippen LogP contribution in [0.2, 0.25) is 0 Å². The van der Waals surface area contributed by atoms with Gasteiger partial charge < -0.3 is 15.1 Å². The molecule has 1 aliphatic heterocycles. The van der Waals surface area contributed by atoms with Crippen molar-refractivity contribution >= 4 is 28.9 Å². The highest BCUT2D eigenvalue weighted by atomic mass is 32.1. The van der Waals surface area contributed by atoms with Gasteiger partial charge in [0.2, 0.25) is 0 Å². The number of anilines is 2. The lowest BCUT2D eigenvalue weighted by Gasteiger charge is -2.21. The molecule has 3 heterocycles. The maximum atomic E-state index is 12.7. The van der Waals surface area contributed by atoms with E-state index in [1.165, 1.54) is 11.5 Å². The van der Waals surface area contributed by atoms with Gasteiger partial charge in [0.1, 0.15) is 5.82 Å². The second-order valence-corrected chi connectivity index (χ2v) is 7.31. The minimum atomic E-state index is 0.115. The van der Waals surface area contributed by atoms with Crippen molar-refractivity contribution in [3.63, 3.8) is 0 Å². The second kappa shape index (κ2) is 7.82. The second-order valence-electron chi connectivity index (χ2n) is 6.68. The smallest absolute Gasteiger partial charge is 0.256 e. The Morgan fingerprint density at radius 2 is 2.16 bits per heavy atom. The molecule has 25 heavy (non-hydrogen) atoms. The third-order valence-electron chi connectivity index (χ3n) is 4.57. The van der Waals surface area contributed by atoms with Gasteiger partial charge in [-0.2, -0.15) is 4.37 Å². The maximum absolute atomic E-state index is 12.7. The van der Waals surface area contributed by atoms with Gasteiger partial charge in [0.15, 0.2) is 0 Å². The molecule has 134 valence electrons. The molecule has 0 aromatic carbocycles. The Morgan fingerprint density at radius 3 is 2.80 bits per heavy atom. The lowest BCUT2D eigenvalue weighted by molar-refractivity contribution is 0.0761. The number of aromatic nitrogens is 2. The van der Waals surface area contributed by atoms with Crippen LogP contribution in [0.1, 0.15) is 35.3 Å². The summed E-state index contributed by atoms with van der Waals surface area (Å²) in [6, 6.07) is 4.45. The number of carbonyl (C=O) groups is 1. The molecular weight excluding hydrogens is 334 g/mol. The summed E-state index contributed by atoms with van der Waals surface area (Å²) in [6.07, 6.45) is 4.88. The summed E-state index contributed by atoms with van der Waals surface area (Å²) in [5.74, 6) is 1.06. The van der Waals surface area contributed by atoms with Gasteiger partial charge in [-0.25, -0.2) is 4.98 Å². The number of aryl methyl sites for hydroxylation is 1. The van der Waals surface area contributed by atoms with Gasteiger partial charge in [-0.1, -0.05) is 0 Å². The van der Waals surface area contributed by atoms with Gasteiger partial charge >= 0.3 is 0 Å². The Kier molecular flexibility index (Phi) is 5.53. The molecule has 1 atom stereocenters. The molecule has 1 aliphatic rings. The fourth-order valence-corrected chi connectivity index (χ4v) is 3.77. The monoisotopic (exact) mass is 359 g/mol. The molecule has 0 radical (unpaired) electrons. The number of amides is 1. The summed E-state index contributed by atoms with van der Waals surface area (Å²) in [7, 11) is 3.97. The Morgan fingerprint density at radius 1 is 1.32 bits per heavy atom. The first-order valence-corrected chi connectivity index (χ1v) is 9.48. The Bertz CT molecular complexity index is 713. The van der Waals surface area contributed by atoms with E-state index < -0.39 is 0 Å². The minimum Gasteiger partial charge on any atom is -0.381 e. The number of hydrogen-bond donors (Lipinski definition) is 1. The van der Waals surface area contributed by atoms with E-state index in [1.54, 1.807) is 0 Å². The molecule has 2 aromatic heterocycles. The first-order valence-electron chi connectivity index (χ1n) is 8.65. The Hall–Kier alpha value is -2.15. The molecule has 3 rings (SSSR count). The van der Waals surface area contributed by atoms with E-state index in [-0.39, 0.29) is 5.91 Å². The summed E-state index contributed by atoms with van der Waals surface area (Å²) >= 11 is 1.35. The minimum absolute atomic E-state index is 0.115. The van der Waals surface area contributed by atoms with E-state index in [0.717, 1.165) is 55.1 Å². The SMILES string of the molecule is Cc1nscc1C(=O)N1CCC[C@H](Nc2ccc(N(C)C)nc2)CC1. The molecule has 0 unspecified atom stereocenters. The number of pyridine rings is 1. The van der Waals surface area contributed by atoms with Crippen LogP contribution in [0.3, 0.4) is 0 Å². The quantitative estimate of drug-likeness (QED) is 0.909. The van der Waals surface area contributed by atoms with Crippen molar-refractivity contribution in [1.82, 2.24) is 14.3 Å². The molecule has 1 saturated heterocycles. The van der Waals surface area contributed by atoms with E-state index in [1.807, 2.05) is 48.5 Å². The van der Waals surface area contributed by atoms with Crippen molar-refractivity contribution in [1.29, 1.82) is 0 Å². The van der Waals surface area contributed by atoms with Crippen molar-refractivity contribution in [3.05, 3.63) is 35.0 Å². The standard InChI is InChI=1S/C18H25N5OS/c1-13-16(12-25-21-13)18(24)23-9-4-5-14(8-10-23)20-15-6-7-17(19-11-15)22(2)3/h6-7,11-12,14,20H,4-5,8-10H2,1-3H3/t14-/m0/s1. The molecule has 0 spiro atoms. The van der Waals surface area contributed by atoms with Crippen LogP contribution in [-0.2, 0) is 0 Å². The summed E-state index contributed by atoms with van der Waals surface area (Å²) < 4.78 is 4.22. The lowest BCUT2D eigenvalue weighted by Crippen LogP contribution is -2.32. The zero-order valence-electron chi connectivity index (χ0n) is 15.0. The first-order chi connectivity index (χ1) is 12.0. The van der Waals surface area contributed by atoms with Crippen LogP contribution in [-0.4, -0.2) is 53.4 Å². The maximum Gasteiger partial charge on any atom is 0.256 e. The van der Waals surface area contributed by atoms with Gasteiger partial charge in [0.05, 0.1) is 23.1 Å². The van der Waals surface area contributed by atoms with E-state index >= 15 is 0 Å². The van der Waals surface area contributed by atoms with E-state index in [4.69, 9.17) is 0 Å². The summed E-state index contributed by atoms with van der Waals surface area (Å²) in [6.45, 7) is 3.48. The predicted octanol–water partition coefficient (Wildman–Crippen LogP) is 3.02. The number of hydrogen-bond acceptors (Lipinski definition) is 6. The average molecular weight is 359 g/mol. The van der Waals surface area contributed by atoms with E-state index in [0.29, 0.717) is 6.04 Å². The number of likely N-dealkylation sites (tertiary alicyclic amines) is 1. The molecule has 0 aliphatic carbocycles. The van der Waals surface area contributed by atoms with Gasteiger partial charge in [0, 0.05) is 38.6 Å². The van der Waals surface area contributed by atoms with Crippen molar-refractivity contribution in [3.8, 4) is 0 Å². The van der Waals surface area contributed by atoms with Crippen LogP contribution in [0.15, 0.2) is 23.7 Å². The Labute approximate surface area is 153 Å². The van der Waals surface area contributed by atoms with E-state index in [9.17, 15) is 4.79 Å². The summed E-state index contributed by atoms with van der Waals surface area (Å²) in [4.78, 5) is 21.1. The molecule has 2 aromatic rings. The molecule has 1 N–H and O–H groups in total. The molecule has 6 nitrogen and oxygen atoms in total. The lowest BCUT2D eigenvalue weighted by atomic mass is 10.1. The van der Waals surface area contributed by atoms with Crippen LogP contribution >= 0.6 is 11.5 Å². The highest BCUT2D eigenvalue weighted by Gasteiger charge is 2.23. The normalized spacial score (nSPS) is 17.9. The highest BCUT2D eigenvalue weighted by molar-refractivity contribution is 7.03. The van der Waals surface area contributed by atoms with E-state index in [2.05, 4.69) is 20.7 Å². The summed E-state index contributed by atoms with van der Waals surface area (Å²) in [5, 5.41) is 5.42. The van der Waals surface area contributed by atoms with Crippen molar-refractivity contribution in [2.45, 2.75) is 32.2 Å². The van der Waals surface area contributed by atoms with Crippen molar-refractivity contribution < 1.29 is 4.79 Å². The van der Waals surface area contributed by atoms with Crippen LogP contribution in [0.5, 0.6) is 0 Å². The van der Waals surface area contributed by atoms with Crippen molar-refractivity contribution in [2.75, 3.05) is 37.4 Å². The third kappa shape index (κ3) is 4.28. The summed E-state index contributed by atoms with van der Waals surface area (Å²) in [5.41, 5.74) is 2.62. The molecule has 0 saturated carbocycles. The van der Waals surface area contributed by atoms with Gasteiger partial charge in [0.25, 0.3) is 5.91 Å². The van der Waals surface area contributed by atoms with Gasteiger partial charge in [-0.15, -0.1) is 0 Å². The third-order valence-corrected chi connectivity index (χ3v) is 5.29. The first kappa shape index (κ1) is 17.7. The van der Waals surface area contributed by atoms with Crippen LogP contribution < -0.4 is 10.2 Å². The number of nitrogens with zero attached hydrogens (tertiary/aromatic N) is 4. The van der Waals surface area contributed by atoms with Crippen LogP contribution in [0.4, 0.5) is 11.5 Å². The highest BCUT2D eigenvalue weighted by Crippen LogP contribution is 2.20. The topological polar surface area (TPSA) is 61.4 Å². The predicted molar refractivity (Wildman–Crippen MR) is 103 cm³/mol. The van der Waals surface area contributed by atoms with Gasteiger partial charge in [-0.05, 0) is 49.9 Å². The molecule has 7 heteroatoms. The Balaban J connectivity index is 1.58. The van der Waals surface area contributed by atoms with Crippen LogP contribution in [0.25, 0.3) is 0 Å². The largest absolute Gasteiger partial charge is 0.381 e. The molecule has 1 fully saturated rings. The van der Waals surface area contributed by atoms with Gasteiger partial charge in [-0.3, -0.25) is 4.79 Å². The molecular formula is C18H25N5OS. The average Bonchev–Trinajstić information content (AvgIpc) is 2.89. The van der Waals surface area contributed by atoms with Crippen molar-refractivity contribution in [2.24, 2.45) is 0 Å². The number of carbonyl (C=O) groups excluding carboxylic acids is 1. The zero-order chi connectivity index (χ0) is 17.8. The number of rotatable bonds is 4. The molecule has 0 bridgehead atoms. The number of nitrogens with one attached hydrogen (secondary N) is 1. The molecule has 1 amide bonds.